The predicted molar refractivity (Wildman–Crippen MR) is 85.4 cm³/mol. The van der Waals surface area contributed by atoms with E-state index in [0.29, 0.717) is 5.70 Å². The summed E-state index contributed by atoms with van der Waals surface area (Å²) in [6, 6.07) is 9.60. The molecule has 1 rings (SSSR count). The zero-order chi connectivity index (χ0) is 16.0. The van der Waals surface area contributed by atoms with Crippen LogP contribution in [0.25, 0.3) is 6.08 Å². The van der Waals surface area contributed by atoms with Gasteiger partial charge in [-0.25, -0.2) is 0 Å². The second-order valence-corrected chi connectivity index (χ2v) is 5.55. The van der Waals surface area contributed by atoms with Crippen molar-refractivity contribution in [2.45, 2.75) is 46.7 Å². The van der Waals surface area contributed by atoms with Crippen LogP contribution in [0.1, 0.15) is 40.2 Å². The summed E-state index contributed by atoms with van der Waals surface area (Å²) in [7, 11) is 0. The lowest BCUT2D eigenvalue weighted by Gasteiger charge is -2.31. The Balaban J connectivity index is 3.16. The minimum absolute atomic E-state index is 0.0606. The van der Waals surface area contributed by atoms with Crippen molar-refractivity contribution in [3.8, 4) is 0 Å². The van der Waals surface area contributed by atoms with Crippen LogP contribution in [-0.4, -0.2) is 28.8 Å². The Morgan fingerprint density at radius 1 is 1.05 bits per heavy atom. The average Bonchev–Trinajstić information content (AvgIpc) is 2.37. The quantitative estimate of drug-likeness (QED) is 0.847. The molecule has 1 aromatic carbocycles. The van der Waals surface area contributed by atoms with Gasteiger partial charge in [0.1, 0.15) is 5.70 Å². The number of benzene rings is 1. The lowest BCUT2D eigenvalue weighted by atomic mass is 10.1. The fourth-order valence-electron chi connectivity index (χ4n) is 2.26. The van der Waals surface area contributed by atoms with E-state index in [1.54, 1.807) is 11.0 Å². The number of hydrogen-bond donors (Lipinski definition) is 1. The summed E-state index contributed by atoms with van der Waals surface area (Å²) >= 11 is 0. The van der Waals surface area contributed by atoms with Gasteiger partial charge in [0, 0.05) is 19.0 Å². The molecule has 114 valence electrons. The van der Waals surface area contributed by atoms with E-state index < -0.39 is 0 Å². The lowest BCUT2D eigenvalue weighted by molar-refractivity contribution is -0.132. The first-order chi connectivity index (χ1) is 9.82. The largest absolute Gasteiger partial charge is 0.333 e. The molecule has 4 nitrogen and oxygen atoms in total. The van der Waals surface area contributed by atoms with Gasteiger partial charge in [-0.2, -0.15) is 0 Å². The highest BCUT2D eigenvalue weighted by Gasteiger charge is 2.24. The average molecular weight is 288 g/mol. The number of nitrogens with zero attached hydrogens (tertiary/aromatic N) is 1. The normalized spacial score (nSPS) is 11.7. The van der Waals surface area contributed by atoms with E-state index in [1.165, 1.54) is 6.92 Å². The molecule has 0 saturated carbocycles. The van der Waals surface area contributed by atoms with Crippen molar-refractivity contribution in [3.63, 3.8) is 0 Å². The fourth-order valence-corrected chi connectivity index (χ4v) is 2.26. The molecule has 0 radical (unpaired) electrons. The molecule has 0 saturated heterocycles. The zero-order valence-electron chi connectivity index (χ0n) is 13.4. The van der Waals surface area contributed by atoms with Crippen LogP contribution < -0.4 is 5.32 Å². The van der Waals surface area contributed by atoms with Gasteiger partial charge >= 0.3 is 0 Å². The van der Waals surface area contributed by atoms with Gasteiger partial charge in [0.25, 0.3) is 5.91 Å². The summed E-state index contributed by atoms with van der Waals surface area (Å²) in [5, 5.41) is 2.65. The minimum Gasteiger partial charge on any atom is -0.333 e. The molecule has 0 bridgehead atoms. The SMILES string of the molecule is CC(=O)N/C(=C\c1ccccc1)C(=O)N(C(C)C)C(C)C. The van der Waals surface area contributed by atoms with Crippen LogP contribution in [0.3, 0.4) is 0 Å². The Kier molecular flexibility index (Phi) is 6.15. The maximum atomic E-state index is 12.7. The van der Waals surface area contributed by atoms with Crippen LogP contribution in [0.5, 0.6) is 0 Å². The van der Waals surface area contributed by atoms with E-state index in [4.69, 9.17) is 0 Å². The number of hydrogen-bond acceptors (Lipinski definition) is 2. The first-order valence-electron chi connectivity index (χ1n) is 7.20. The summed E-state index contributed by atoms with van der Waals surface area (Å²) in [6.07, 6.45) is 1.71. The summed E-state index contributed by atoms with van der Waals surface area (Å²) in [4.78, 5) is 25.9. The first kappa shape index (κ1) is 17.0. The molecular weight excluding hydrogens is 264 g/mol. The predicted octanol–water partition coefficient (Wildman–Crippen LogP) is 2.81. The number of carbonyl (C=O) groups is 2. The van der Waals surface area contributed by atoms with Gasteiger partial charge < -0.3 is 10.2 Å². The molecule has 4 heteroatoms. The van der Waals surface area contributed by atoms with Crippen molar-refractivity contribution in [1.29, 1.82) is 0 Å². The highest BCUT2D eigenvalue weighted by Crippen LogP contribution is 2.13. The standard InChI is InChI=1S/C17H24N2O2/c1-12(2)19(13(3)4)17(21)16(18-14(5)20)11-15-9-7-6-8-10-15/h6-13H,1-5H3,(H,18,20)/b16-11-. The third-order valence-corrected chi connectivity index (χ3v) is 3.00. The second-order valence-electron chi connectivity index (χ2n) is 5.55. The van der Waals surface area contributed by atoms with Gasteiger partial charge in [-0.15, -0.1) is 0 Å². The molecule has 0 aliphatic rings. The molecule has 2 amide bonds. The fraction of sp³-hybridized carbons (Fsp3) is 0.412. The molecular formula is C17H24N2O2. The van der Waals surface area contributed by atoms with E-state index in [1.807, 2.05) is 58.0 Å². The molecule has 0 aliphatic heterocycles. The van der Waals surface area contributed by atoms with Gasteiger partial charge in [-0.1, -0.05) is 30.3 Å². The van der Waals surface area contributed by atoms with Gasteiger partial charge in [-0.05, 0) is 39.3 Å². The van der Waals surface area contributed by atoms with Gasteiger partial charge in [-0.3, -0.25) is 9.59 Å². The third kappa shape index (κ3) is 5.06. The molecule has 0 heterocycles. The summed E-state index contributed by atoms with van der Waals surface area (Å²) < 4.78 is 0. The van der Waals surface area contributed by atoms with Crippen LogP contribution in [0.4, 0.5) is 0 Å². The second kappa shape index (κ2) is 7.62. The zero-order valence-corrected chi connectivity index (χ0v) is 13.4. The third-order valence-electron chi connectivity index (χ3n) is 3.00. The number of nitrogens with one attached hydrogen (secondary N) is 1. The van der Waals surface area contributed by atoms with Crippen molar-refractivity contribution in [2.75, 3.05) is 0 Å². The number of amides is 2. The van der Waals surface area contributed by atoms with Crippen LogP contribution >= 0.6 is 0 Å². The van der Waals surface area contributed by atoms with Gasteiger partial charge in [0.15, 0.2) is 0 Å². The van der Waals surface area contributed by atoms with E-state index in [2.05, 4.69) is 5.32 Å². The maximum absolute atomic E-state index is 12.7. The van der Waals surface area contributed by atoms with E-state index in [9.17, 15) is 9.59 Å². The van der Waals surface area contributed by atoms with Crippen molar-refractivity contribution in [3.05, 3.63) is 41.6 Å². The number of carbonyl (C=O) groups excluding carboxylic acids is 2. The molecule has 0 spiro atoms. The summed E-state index contributed by atoms with van der Waals surface area (Å²) in [6.45, 7) is 9.26. The van der Waals surface area contributed by atoms with E-state index >= 15 is 0 Å². The van der Waals surface area contributed by atoms with Crippen molar-refractivity contribution < 1.29 is 9.59 Å². The smallest absolute Gasteiger partial charge is 0.270 e. The minimum atomic E-state index is -0.252. The molecule has 0 unspecified atom stereocenters. The van der Waals surface area contributed by atoms with Crippen molar-refractivity contribution >= 4 is 17.9 Å². The van der Waals surface area contributed by atoms with Crippen LogP contribution in [-0.2, 0) is 9.59 Å². The molecule has 0 aromatic heterocycles. The van der Waals surface area contributed by atoms with Crippen LogP contribution in [0.2, 0.25) is 0 Å². The Morgan fingerprint density at radius 3 is 2.00 bits per heavy atom. The van der Waals surface area contributed by atoms with Crippen LogP contribution in [0, 0.1) is 0 Å². The molecule has 0 fully saturated rings. The van der Waals surface area contributed by atoms with Gasteiger partial charge in [0.2, 0.25) is 5.91 Å². The summed E-state index contributed by atoms with van der Waals surface area (Å²) in [5.41, 5.74) is 1.18. The Morgan fingerprint density at radius 2 is 1.57 bits per heavy atom. The monoisotopic (exact) mass is 288 g/mol. The van der Waals surface area contributed by atoms with Crippen molar-refractivity contribution in [1.82, 2.24) is 10.2 Å². The highest BCUT2D eigenvalue weighted by molar-refractivity contribution is 6.01. The van der Waals surface area contributed by atoms with E-state index in [0.717, 1.165) is 5.56 Å². The summed E-state index contributed by atoms with van der Waals surface area (Å²) in [5.74, 6) is -0.419. The van der Waals surface area contributed by atoms with E-state index in [-0.39, 0.29) is 23.9 Å². The Bertz CT molecular complexity index is 511. The molecule has 1 aromatic rings. The van der Waals surface area contributed by atoms with Crippen LogP contribution in [0.15, 0.2) is 36.0 Å². The van der Waals surface area contributed by atoms with Gasteiger partial charge in [0.05, 0.1) is 0 Å². The first-order valence-corrected chi connectivity index (χ1v) is 7.20. The topological polar surface area (TPSA) is 49.4 Å². The molecule has 0 aliphatic carbocycles. The van der Waals surface area contributed by atoms with Crippen molar-refractivity contribution in [2.24, 2.45) is 0 Å². The molecule has 1 N–H and O–H groups in total. The molecule has 0 atom stereocenters. The maximum Gasteiger partial charge on any atom is 0.270 e. The number of rotatable bonds is 5. The highest BCUT2D eigenvalue weighted by atomic mass is 16.2. The Hall–Kier alpha value is -2.10. The molecule has 21 heavy (non-hydrogen) atoms. The lowest BCUT2D eigenvalue weighted by Crippen LogP contribution is -2.45. The Labute approximate surface area is 126 Å².